The van der Waals surface area contributed by atoms with Crippen molar-refractivity contribution in [2.45, 2.75) is 6.92 Å². The Kier molecular flexibility index (Phi) is 4.35. The molecule has 0 atom stereocenters. The van der Waals surface area contributed by atoms with Crippen molar-refractivity contribution in [2.75, 3.05) is 12.9 Å². The molecule has 0 saturated heterocycles. The molecule has 0 aliphatic rings. The van der Waals surface area contributed by atoms with Gasteiger partial charge in [0.25, 0.3) is 0 Å². The standard InChI is InChI=1S/C6H10O5S/c1-3-10-6(7)4-5-11-12(2,8)9/h4-5H,3H2,1-2H3. The van der Waals surface area contributed by atoms with E-state index in [0.29, 0.717) is 0 Å². The highest BCUT2D eigenvalue weighted by molar-refractivity contribution is 7.86. The molecule has 0 aliphatic carbocycles. The van der Waals surface area contributed by atoms with Gasteiger partial charge in [-0.05, 0) is 6.92 Å². The highest BCUT2D eigenvalue weighted by atomic mass is 32.2. The molecule has 0 spiro atoms. The predicted octanol–water partition coefficient (Wildman–Crippen LogP) is 0.0394. The zero-order chi connectivity index (χ0) is 9.61. The molecular weight excluding hydrogens is 184 g/mol. The van der Waals surface area contributed by atoms with Gasteiger partial charge < -0.3 is 8.92 Å². The van der Waals surface area contributed by atoms with E-state index in [2.05, 4.69) is 8.92 Å². The van der Waals surface area contributed by atoms with Gasteiger partial charge >= 0.3 is 16.1 Å². The molecular formula is C6H10O5S. The van der Waals surface area contributed by atoms with Crippen LogP contribution in [0.15, 0.2) is 12.3 Å². The van der Waals surface area contributed by atoms with Crippen molar-refractivity contribution in [2.24, 2.45) is 0 Å². The largest absolute Gasteiger partial charge is 0.463 e. The average Bonchev–Trinajstić information content (AvgIpc) is 1.84. The molecule has 0 saturated carbocycles. The van der Waals surface area contributed by atoms with Crippen molar-refractivity contribution in [3.8, 4) is 0 Å². The number of hydrogen-bond acceptors (Lipinski definition) is 5. The van der Waals surface area contributed by atoms with Crippen molar-refractivity contribution < 1.29 is 22.1 Å². The molecule has 0 fully saturated rings. The molecule has 0 unspecified atom stereocenters. The van der Waals surface area contributed by atoms with E-state index in [-0.39, 0.29) is 6.61 Å². The van der Waals surface area contributed by atoms with E-state index >= 15 is 0 Å². The van der Waals surface area contributed by atoms with Crippen LogP contribution in [0.4, 0.5) is 0 Å². The number of ether oxygens (including phenoxy) is 1. The summed E-state index contributed by atoms with van der Waals surface area (Å²) in [5.74, 6) is -0.638. The van der Waals surface area contributed by atoms with Crippen molar-refractivity contribution in [3.63, 3.8) is 0 Å². The SMILES string of the molecule is CCOC(=O)C=COS(C)(=O)=O. The maximum atomic E-state index is 10.5. The number of carbonyl (C=O) groups excluding carboxylic acids is 1. The second kappa shape index (κ2) is 4.76. The second-order valence-corrected chi connectivity index (χ2v) is 3.46. The highest BCUT2D eigenvalue weighted by Crippen LogP contribution is 1.88. The zero-order valence-electron chi connectivity index (χ0n) is 6.81. The minimum atomic E-state index is -3.53. The van der Waals surface area contributed by atoms with Crippen molar-refractivity contribution in [1.82, 2.24) is 0 Å². The maximum Gasteiger partial charge on any atom is 0.333 e. The Morgan fingerprint density at radius 2 is 2.08 bits per heavy atom. The Balaban J connectivity index is 3.85. The van der Waals surface area contributed by atoms with Crippen LogP contribution >= 0.6 is 0 Å². The van der Waals surface area contributed by atoms with Crippen LogP contribution in [0.3, 0.4) is 0 Å². The summed E-state index contributed by atoms with van der Waals surface area (Å²) in [5, 5.41) is 0. The van der Waals surface area contributed by atoms with Gasteiger partial charge in [-0.25, -0.2) is 4.79 Å². The fraction of sp³-hybridized carbons (Fsp3) is 0.500. The van der Waals surface area contributed by atoms with Crippen LogP contribution in [-0.2, 0) is 23.8 Å². The number of esters is 1. The Bertz CT molecular complexity index is 264. The Morgan fingerprint density at radius 3 is 2.50 bits per heavy atom. The molecule has 0 heterocycles. The van der Waals surface area contributed by atoms with Gasteiger partial charge in [-0.3, -0.25) is 0 Å². The van der Waals surface area contributed by atoms with Crippen LogP contribution in [0, 0.1) is 0 Å². The van der Waals surface area contributed by atoms with Crippen LogP contribution in [-0.4, -0.2) is 27.2 Å². The first-order valence-electron chi connectivity index (χ1n) is 3.17. The fourth-order valence-corrected chi connectivity index (χ4v) is 0.632. The summed E-state index contributed by atoms with van der Waals surface area (Å²) in [7, 11) is -3.53. The summed E-state index contributed by atoms with van der Waals surface area (Å²) in [6, 6.07) is 0. The van der Waals surface area contributed by atoms with E-state index in [1.54, 1.807) is 6.92 Å². The van der Waals surface area contributed by atoms with Gasteiger partial charge in [0, 0.05) is 0 Å². The molecule has 5 nitrogen and oxygen atoms in total. The number of rotatable bonds is 4. The Labute approximate surface area is 71.1 Å². The molecule has 6 heteroatoms. The topological polar surface area (TPSA) is 69.7 Å². The van der Waals surface area contributed by atoms with Crippen molar-refractivity contribution >= 4 is 16.1 Å². The van der Waals surface area contributed by atoms with Crippen molar-refractivity contribution in [3.05, 3.63) is 12.3 Å². The lowest BCUT2D eigenvalue weighted by molar-refractivity contribution is -0.137. The van der Waals surface area contributed by atoms with Gasteiger partial charge in [-0.2, -0.15) is 8.42 Å². The molecule has 0 amide bonds. The van der Waals surface area contributed by atoms with Crippen molar-refractivity contribution in [1.29, 1.82) is 0 Å². The smallest absolute Gasteiger partial charge is 0.333 e. The van der Waals surface area contributed by atoms with Gasteiger partial charge in [0.15, 0.2) is 0 Å². The monoisotopic (exact) mass is 194 g/mol. The van der Waals surface area contributed by atoms with Gasteiger partial charge in [0.05, 0.1) is 18.9 Å². The third-order valence-corrected chi connectivity index (χ3v) is 1.18. The van der Waals surface area contributed by atoms with Gasteiger partial charge in [-0.15, -0.1) is 0 Å². The van der Waals surface area contributed by atoms with E-state index in [1.807, 2.05) is 0 Å². The lowest BCUT2D eigenvalue weighted by Crippen LogP contribution is -2.01. The van der Waals surface area contributed by atoms with Gasteiger partial charge in [-0.1, -0.05) is 0 Å². The summed E-state index contributed by atoms with van der Waals surface area (Å²) in [6.45, 7) is 1.88. The van der Waals surface area contributed by atoms with Crippen LogP contribution in [0.5, 0.6) is 0 Å². The molecule has 0 N–H and O–H groups in total. The summed E-state index contributed by atoms with van der Waals surface area (Å²) in [5.41, 5.74) is 0. The summed E-state index contributed by atoms with van der Waals surface area (Å²) in [4.78, 5) is 10.5. The fourth-order valence-electron chi connectivity index (χ4n) is 0.375. The molecule has 0 bridgehead atoms. The zero-order valence-corrected chi connectivity index (χ0v) is 7.63. The summed E-state index contributed by atoms with van der Waals surface area (Å²) in [6.07, 6.45) is 2.54. The third-order valence-electron chi connectivity index (χ3n) is 0.721. The first-order chi connectivity index (χ1) is 5.45. The first kappa shape index (κ1) is 11.0. The number of hydrogen-bond donors (Lipinski definition) is 0. The summed E-state index contributed by atoms with van der Waals surface area (Å²) >= 11 is 0. The van der Waals surface area contributed by atoms with Crippen LogP contribution < -0.4 is 0 Å². The Hall–Kier alpha value is -1.04. The Morgan fingerprint density at radius 1 is 1.50 bits per heavy atom. The van der Waals surface area contributed by atoms with E-state index in [1.165, 1.54) is 0 Å². The van der Waals surface area contributed by atoms with Crippen LogP contribution in [0.25, 0.3) is 0 Å². The molecule has 0 aromatic rings. The van der Waals surface area contributed by atoms with Gasteiger partial charge in [0.1, 0.15) is 6.26 Å². The quantitative estimate of drug-likeness (QED) is 0.273. The van der Waals surface area contributed by atoms with E-state index in [9.17, 15) is 13.2 Å². The molecule has 0 radical (unpaired) electrons. The molecule has 0 aromatic heterocycles. The second-order valence-electron chi connectivity index (χ2n) is 1.86. The molecule has 0 aliphatic heterocycles. The van der Waals surface area contributed by atoms with E-state index < -0.39 is 16.1 Å². The normalized spacial score (nSPS) is 11.5. The maximum absolute atomic E-state index is 10.5. The van der Waals surface area contributed by atoms with Gasteiger partial charge in [0.2, 0.25) is 0 Å². The highest BCUT2D eigenvalue weighted by Gasteiger charge is 1.98. The first-order valence-corrected chi connectivity index (χ1v) is 4.99. The van der Waals surface area contributed by atoms with Crippen LogP contribution in [0.2, 0.25) is 0 Å². The molecule has 70 valence electrons. The van der Waals surface area contributed by atoms with E-state index in [4.69, 9.17) is 0 Å². The predicted molar refractivity (Wildman–Crippen MR) is 41.7 cm³/mol. The molecule has 0 rings (SSSR count). The minimum Gasteiger partial charge on any atom is -0.463 e. The lowest BCUT2D eigenvalue weighted by Gasteiger charge is -1.95. The number of carbonyl (C=O) groups is 1. The van der Waals surface area contributed by atoms with Crippen LogP contribution in [0.1, 0.15) is 6.92 Å². The molecule has 0 aromatic carbocycles. The van der Waals surface area contributed by atoms with E-state index in [0.717, 1.165) is 18.6 Å². The lowest BCUT2D eigenvalue weighted by atomic mass is 10.6. The third kappa shape index (κ3) is 7.07. The minimum absolute atomic E-state index is 0.238. The summed E-state index contributed by atoms with van der Waals surface area (Å²) < 4.78 is 29.3. The average molecular weight is 194 g/mol. The molecule has 12 heavy (non-hydrogen) atoms.